The van der Waals surface area contributed by atoms with E-state index in [-0.39, 0.29) is 26.2 Å². The molecule has 1 unspecified atom stereocenters. The Morgan fingerprint density at radius 2 is 2.05 bits per heavy atom. The van der Waals surface area contributed by atoms with Gasteiger partial charge in [0, 0.05) is 39.7 Å². The molecule has 0 heterocycles. The van der Waals surface area contributed by atoms with Gasteiger partial charge >= 0.3 is 0 Å². The van der Waals surface area contributed by atoms with Crippen LogP contribution in [-0.4, -0.2) is 25.1 Å². The minimum Gasteiger partial charge on any atom is -0.497 e. The molecule has 0 bridgehead atoms. The van der Waals surface area contributed by atoms with Crippen molar-refractivity contribution in [3.8, 4) is 5.75 Å². The van der Waals surface area contributed by atoms with Gasteiger partial charge in [-0.2, -0.15) is 0 Å². The number of hydrogen-bond acceptors (Lipinski definition) is 3. The molecule has 1 aromatic rings. The van der Waals surface area contributed by atoms with E-state index in [1.807, 2.05) is 12.1 Å². The first-order valence-corrected chi connectivity index (χ1v) is 6.01. The zero-order valence-electron chi connectivity index (χ0n) is 11.1. The van der Waals surface area contributed by atoms with Gasteiger partial charge in [0.25, 0.3) is 0 Å². The number of hydrogen-bond donors (Lipinski definition) is 1. The molecular weight excluding hydrogens is 319 g/mol. The van der Waals surface area contributed by atoms with Crippen molar-refractivity contribution in [3.63, 3.8) is 0 Å². The monoisotopic (exact) mass is 334 g/mol. The van der Waals surface area contributed by atoms with Crippen molar-refractivity contribution < 1.29 is 40.8 Å². The number of rotatable bonds is 2. The molecule has 0 saturated heterocycles. The number of aliphatic hydroxyl groups is 1. The maximum absolute atomic E-state index is 10.1. The van der Waals surface area contributed by atoms with Crippen LogP contribution in [0.2, 0.25) is 0 Å². The average Bonchev–Trinajstić information content (AvgIpc) is 2.74. The van der Waals surface area contributed by atoms with Gasteiger partial charge in [0.1, 0.15) is 5.75 Å². The molecule has 2 aliphatic rings. The van der Waals surface area contributed by atoms with Crippen LogP contribution in [0.3, 0.4) is 0 Å². The molecule has 0 saturated carbocycles. The number of benzene rings is 1. The molecule has 19 heavy (non-hydrogen) atoms. The maximum atomic E-state index is 10.1. The molecule has 4 heteroatoms. The smallest absolute Gasteiger partial charge is 0.189 e. The summed E-state index contributed by atoms with van der Waals surface area (Å²) in [7, 11) is 3.20. The van der Waals surface area contributed by atoms with E-state index in [0.717, 1.165) is 12.2 Å². The van der Waals surface area contributed by atoms with Crippen molar-refractivity contribution in [2.75, 3.05) is 14.2 Å². The van der Waals surface area contributed by atoms with E-state index in [1.54, 1.807) is 13.2 Å². The summed E-state index contributed by atoms with van der Waals surface area (Å²) in [5.41, 5.74) is 4.93. The fourth-order valence-corrected chi connectivity index (χ4v) is 2.71. The molecule has 0 spiro atoms. The summed E-state index contributed by atoms with van der Waals surface area (Å²) in [6.07, 6.45) is 5.08. The quantitative estimate of drug-likeness (QED) is 0.843. The summed E-state index contributed by atoms with van der Waals surface area (Å²) in [5.74, 6) is -0.273. The van der Waals surface area contributed by atoms with Gasteiger partial charge in [0.05, 0.1) is 7.11 Å². The van der Waals surface area contributed by atoms with E-state index in [2.05, 4.69) is 12.1 Å². The second kappa shape index (κ2) is 5.36. The first kappa shape index (κ1) is 14.7. The standard InChI is InChI=1S/C15H16O3.Zr/c1-17-12-3-4-13-10(8-12)7-11-9-15(16,18-2)6-5-14(11)13;/h3-6,8,16H,7,9H2,1-2H3;. The van der Waals surface area contributed by atoms with Crippen LogP contribution in [0.15, 0.2) is 35.9 Å². The zero-order valence-corrected chi connectivity index (χ0v) is 13.5. The summed E-state index contributed by atoms with van der Waals surface area (Å²) in [5, 5.41) is 10.1. The Balaban J connectivity index is 0.00000133. The SMILES string of the molecule is COc1ccc2c(c1)CC1=C2C=CC(O)(OC)C1.[Zr]. The topological polar surface area (TPSA) is 38.7 Å². The first-order valence-electron chi connectivity index (χ1n) is 6.01. The fraction of sp³-hybridized carbons (Fsp3) is 0.333. The Morgan fingerprint density at radius 3 is 2.74 bits per heavy atom. The van der Waals surface area contributed by atoms with Crippen molar-refractivity contribution in [1.29, 1.82) is 0 Å². The van der Waals surface area contributed by atoms with Crippen LogP contribution in [-0.2, 0) is 37.4 Å². The molecule has 1 N–H and O–H groups in total. The minimum absolute atomic E-state index is 0. The van der Waals surface area contributed by atoms with E-state index in [9.17, 15) is 5.11 Å². The number of fused-ring (bicyclic) bond motifs is 2. The van der Waals surface area contributed by atoms with Gasteiger partial charge in [0.2, 0.25) is 0 Å². The van der Waals surface area contributed by atoms with E-state index >= 15 is 0 Å². The average molecular weight is 336 g/mol. The summed E-state index contributed by atoms with van der Waals surface area (Å²) in [4.78, 5) is 0. The second-order valence-corrected chi connectivity index (χ2v) is 4.78. The summed E-state index contributed by atoms with van der Waals surface area (Å²) >= 11 is 0. The number of allylic oxidation sites excluding steroid dienone is 2. The zero-order chi connectivity index (χ0) is 12.8. The Bertz CT molecular complexity index is 563. The molecule has 0 aromatic heterocycles. The van der Waals surface area contributed by atoms with E-state index in [1.165, 1.54) is 29.4 Å². The normalized spacial score (nSPS) is 23.7. The summed E-state index contributed by atoms with van der Waals surface area (Å²) < 4.78 is 10.4. The third kappa shape index (κ3) is 2.49. The molecule has 0 amide bonds. The van der Waals surface area contributed by atoms with Gasteiger partial charge < -0.3 is 14.6 Å². The fourth-order valence-electron chi connectivity index (χ4n) is 2.71. The van der Waals surface area contributed by atoms with Crippen LogP contribution in [0.25, 0.3) is 5.57 Å². The van der Waals surface area contributed by atoms with Gasteiger partial charge in [-0.3, -0.25) is 0 Å². The summed E-state index contributed by atoms with van der Waals surface area (Å²) in [6, 6.07) is 6.12. The van der Waals surface area contributed by atoms with Gasteiger partial charge in [-0.25, -0.2) is 0 Å². The molecule has 3 nitrogen and oxygen atoms in total. The number of ether oxygens (including phenoxy) is 2. The van der Waals surface area contributed by atoms with Crippen LogP contribution < -0.4 is 4.74 Å². The Kier molecular flexibility index (Phi) is 4.15. The van der Waals surface area contributed by atoms with Gasteiger partial charge in [-0.15, -0.1) is 0 Å². The first-order chi connectivity index (χ1) is 8.65. The van der Waals surface area contributed by atoms with Crippen molar-refractivity contribution in [2.45, 2.75) is 18.6 Å². The van der Waals surface area contributed by atoms with Crippen LogP contribution in [0.1, 0.15) is 17.5 Å². The molecule has 0 radical (unpaired) electrons. The number of methoxy groups -OCH3 is 2. The van der Waals surface area contributed by atoms with Crippen molar-refractivity contribution >= 4 is 5.57 Å². The van der Waals surface area contributed by atoms with Crippen molar-refractivity contribution in [3.05, 3.63) is 47.1 Å². The second-order valence-electron chi connectivity index (χ2n) is 4.78. The minimum atomic E-state index is -1.15. The molecule has 0 aliphatic heterocycles. The molecule has 3 rings (SSSR count). The Hall–Kier alpha value is -0.697. The Morgan fingerprint density at radius 1 is 1.26 bits per heavy atom. The van der Waals surface area contributed by atoms with Crippen LogP contribution >= 0.6 is 0 Å². The van der Waals surface area contributed by atoms with Crippen molar-refractivity contribution in [2.24, 2.45) is 0 Å². The van der Waals surface area contributed by atoms with Gasteiger partial charge in [0.15, 0.2) is 5.79 Å². The molecule has 0 fully saturated rings. The summed E-state index contributed by atoms with van der Waals surface area (Å²) in [6.45, 7) is 0. The maximum Gasteiger partial charge on any atom is 0.189 e. The predicted octanol–water partition coefficient (Wildman–Crippen LogP) is 2.30. The van der Waals surface area contributed by atoms with Crippen LogP contribution in [0, 0.1) is 0 Å². The molecule has 1 atom stereocenters. The van der Waals surface area contributed by atoms with Crippen LogP contribution in [0.4, 0.5) is 0 Å². The molecule has 2 aliphatic carbocycles. The van der Waals surface area contributed by atoms with E-state index < -0.39 is 5.79 Å². The molecule has 98 valence electrons. The molecule has 1 aromatic carbocycles. The van der Waals surface area contributed by atoms with Crippen molar-refractivity contribution in [1.82, 2.24) is 0 Å². The molecular formula is C15H16O3Zr. The third-order valence-corrected chi connectivity index (χ3v) is 3.72. The van der Waals surface area contributed by atoms with Gasteiger partial charge in [-0.05, 0) is 41.3 Å². The van der Waals surface area contributed by atoms with Crippen LogP contribution in [0.5, 0.6) is 5.75 Å². The largest absolute Gasteiger partial charge is 0.497 e. The van der Waals surface area contributed by atoms with E-state index in [0.29, 0.717) is 6.42 Å². The van der Waals surface area contributed by atoms with Gasteiger partial charge in [-0.1, -0.05) is 17.7 Å². The predicted molar refractivity (Wildman–Crippen MR) is 69.3 cm³/mol. The Labute approximate surface area is 132 Å². The van der Waals surface area contributed by atoms with E-state index in [4.69, 9.17) is 9.47 Å². The third-order valence-electron chi connectivity index (χ3n) is 3.72.